The number of aliphatic carboxylic acids is 1. The fourth-order valence-corrected chi connectivity index (χ4v) is 6.95. The number of likely N-dealkylation sites (tertiary alicyclic amines) is 1. The van der Waals surface area contributed by atoms with E-state index in [0.717, 1.165) is 34.1 Å². The Kier molecular flexibility index (Phi) is 13.7. The molecule has 0 bridgehead atoms. The minimum atomic E-state index is -5.08. The summed E-state index contributed by atoms with van der Waals surface area (Å²) in [5.74, 6) is -3.83. The summed E-state index contributed by atoms with van der Waals surface area (Å²) in [5, 5.41) is 14.3. The van der Waals surface area contributed by atoms with Crippen LogP contribution in [-0.4, -0.2) is 87.4 Å². The molecular weight excluding hydrogens is 717 g/mol. The number of benzene rings is 3. The van der Waals surface area contributed by atoms with E-state index in [9.17, 15) is 32.3 Å². The monoisotopic (exact) mass is 762 g/mol. The Morgan fingerprint density at radius 3 is 2.16 bits per heavy atom. The molecule has 292 valence electrons. The van der Waals surface area contributed by atoms with Gasteiger partial charge in [-0.2, -0.15) is 13.2 Å². The highest BCUT2D eigenvalue weighted by atomic mass is 19.4. The minimum absolute atomic E-state index is 0.0397. The molecule has 6 N–H and O–H groups in total. The van der Waals surface area contributed by atoms with Crippen LogP contribution in [0.15, 0.2) is 84.9 Å². The molecule has 0 spiro atoms. The summed E-state index contributed by atoms with van der Waals surface area (Å²) in [6.45, 7) is 1.99. The molecule has 0 unspecified atom stereocenters. The van der Waals surface area contributed by atoms with E-state index in [0.29, 0.717) is 63.8 Å². The number of aromatic amines is 1. The van der Waals surface area contributed by atoms with Crippen LogP contribution >= 0.6 is 0 Å². The van der Waals surface area contributed by atoms with Crippen molar-refractivity contribution in [1.82, 2.24) is 25.4 Å². The zero-order chi connectivity index (χ0) is 39.5. The number of carboxylic acids is 1. The number of hydrogen-bond donors (Lipinski definition) is 5. The van der Waals surface area contributed by atoms with Crippen LogP contribution < -0.4 is 16.4 Å². The lowest BCUT2D eigenvalue weighted by molar-refractivity contribution is -0.192. The highest BCUT2D eigenvalue weighted by molar-refractivity contribution is 5.96. The summed E-state index contributed by atoms with van der Waals surface area (Å²) in [7, 11) is 0. The molecule has 0 saturated carbocycles. The van der Waals surface area contributed by atoms with E-state index in [4.69, 9.17) is 15.6 Å². The second-order valence-electron chi connectivity index (χ2n) is 13.6. The fraction of sp³-hybridized carbons (Fsp3) is 0.375. The van der Waals surface area contributed by atoms with Gasteiger partial charge in [-0.3, -0.25) is 19.2 Å². The van der Waals surface area contributed by atoms with E-state index in [1.807, 2.05) is 72.8 Å². The summed E-state index contributed by atoms with van der Waals surface area (Å²) in [6, 6.07) is 25.2. The number of piperidine rings is 1. The number of hydrogen-bond acceptors (Lipinski definition) is 6. The summed E-state index contributed by atoms with van der Waals surface area (Å²) < 4.78 is 31.7. The van der Waals surface area contributed by atoms with Crippen molar-refractivity contribution in [3.8, 4) is 0 Å². The maximum atomic E-state index is 14.5. The largest absolute Gasteiger partial charge is 0.490 e. The van der Waals surface area contributed by atoms with Gasteiger partial charge in [-0.15, -0.1) is 0 Å². The van der Waals surface area contributed by atoms with Crippen molar-refractivity contribution in [3.63, 3.8) is 0 Å². The molecule has 1 aromatic heterocycles. The summed E-state index contributed by atoms with van der Waals surface area (Å²) >= 11 is 0. The molecule has 3 heterocycles. The topological polar surface area (TPSA) is 178 Å². The van der Waals surface area contributed by atoms with Gasteiger partial charge < -0.3 is 36.3 Å². The molecule has 2 atom stereocenters. The molecule has 1 fully saturated rings. The highest BCUT2D eigenvalue weighted by Gasteiger charge is 2.40. The van der Waals surface area contributed by atoms with E-state index in [1.54, 1.807) is 21.9 Å². The number of H-pyrrole nitrogens is 1. The van der Waals surface area contributed by atoms with Crippen LogP contribution in [0, 0.1) is 5.92 Å². The Labute approximate surface area is 316 Å². The van der Waals surface area contributed by atoms with Crippen molar-refractivity contribution in [2.75, 3.05) is 19.6 Å². The maximum absolute atomic E-state index is 14.5. The van der Waals surface area contributed by atoms with Gasteiger partial charge in [-0.1, -0.05) is 66.7 Å². The number of nitrogens with zero attached hydrogens (tertiary/aromatic N) is 2. The minimum Gasteiger partial charge on any atom is -0.475 e. The lowest BCUT2D eigenvalue weighted by atomic mass is 9.94. The number of alkyl halides is 3. The number of carbonyl (C=O) groups is 5. The predicted octanol–water partition coefficient (Wildman–Crippen LogP) is 4.54. The zero-order valence-electron chi connectivity index (χ0n) is 30.2. The van der Waals surface area contributed by atoms with Gasteiger partial charge in [0.15, 0.2) is 0 Å². The number of aromatic nitrogens is 1. The molecule has 6 rings (SSSR count). The normalized spacial score (nSPS) is 16.7. The van der Waals surface area contributed by atoms with Crippen molar-refractivity contribution in [3.05, 3.63) is 107 Å². The Hall–Kier alpha value is -5.70. The SMILES string of the molecule is NCCCC[C@@H](C(=O)NCc1ccccc1)N1Cc2[nH]c3ccccc3c2C[C@@H](NC(=O)C2CCN(C(=O)c3ccccc3)CC2)C1=O.O=C(O)C(F)(F)F. The summed E-state index contributed by atoms with van der Waals surface area (Å²) in [4.78, 5) is 70.9. The van der Waals surface area contributed by atoms with E-state index in [2.05, 4.69) is 15.6 Å². The van der Waals surface area contributed by atoms with E-state index < -0.39 is 24.2 Å². The van der Waals surface area contributed by atoms with Crippen molar-refractivity contribution >= 4 is 40.5 Å². The molecule has 2 aliphatic heterocycles. The van der Waals surface area contributed by atoms with Crippen LogP contribution in [0.2, 0.25) is 0 Å². The third kappa shape index (κ3) is 10.5. The van der Waals surface area contributed by atoms with Crippen molar-refractivity contribution in [2.45, 2.75) is 69.9 Å². The van der Waals surface area contributed by atoms with Crippen molar-refractivity contribution < 1.29 is 42.3 Å². The second kappa shape index (κ2) is 18.6. The molecule has 2 aliphatic rings. The second-order valence-corrected chi connectivity index (χ2v) is 13.6. The Morgan fingerprint density at radius 1 is 0.909 bits per heavy atom. The van der Waals surface area contributed by atoms with Crippen LogP contribution in [-0.2, 0) is 38.7 Å². The summed E-state index contributed by atoms with van der Waals surface area (Å²) in [5.41, 5.74) is 10.2. The standard InChI is InChI=1S/C38H44N6O4.C2HF3O2/c39-20-10-9-17-34(36(46)40-24-26-11-3-1-4-12-26)44-25-33-30(29-15-7-8-16-31(29)41-33)23-32(38(44)48)42-35(45)27-18-21-43(22-19-27)37(47)28-13-5-2-6-14-28;3-2(4,5)1(6)7/h1-8,11-16,27,32,34,41H,9-10,17-25,39H2,(H,40,46)(H,42,45);(H,6,7)/t32-,34+;/m1./s1. The Balaban J connectivity index is 0.000000757. The van der Waals surface area contributed by atoms with Crippen molar-refractivity contribution in [1.29, 1.82) is 0 Å². The number of nitrogens with one attached hydrogen (secondary N) is 3. The number of nitrogens with two attached hydrogens (primary N) is 1. The molecule has 0 aliphatic carbocycles. The summed E-state index contributed by atoms with van der Waals surface area (Å²) in [6.07, 6.45) is -1.89. The average molecular weight is 763 g/mol. The van der Waals surface area contributed by atoms with Gasteiger partial charge in [-0.25, -0.2) is 4.79 Å². The number of fused-ring (bicyclic) bond motifs is 3. The van der Waals surface area contributed by atoms with Crippen LogP contribution in [0.5, 0.6) is 0 Å². The molecular formula is C40H45F3N6O6. The number of carboxylic acid groups (broad SMARTS) is 1. The van der Waals surface area contributed by atoms with Crippen molar-refractivity contribution in [2.24, 2.45) is 11.7 Å². The molecule has 3 aromatic carbocycles. The van der Waals surface area contributed by atoms with Crippen LogP contribution in [0.3, 0.4) is 0 Å². The lowest BCUT2D eigenvalue weighted by Crippen LogP contribution is -2.56. The first-order valence-electron chi connectivity index (χ1n) is 18.2. The number of amides is 4. The number of rotatable bonds is 11. The van der Waals surface area contributed by atoms with E-state index >= 15 is 0 Å². The number of para-hydroxylation sites is 1. The maximum Gasteiger partial charge on any atom is 0.490 e. The van der Waals surface area contributed by atoms with E-state index in [-0.39, 0.29) is 36.1 Å². The number of carbonyl (C=O) groups excluding carboxylic acids is 4. The first-order chi connectivity index (χ1) is 26.4. The van der Waals surface area contributed by atoms with Gasteiger partial charge in [0, 0.05) is 54.1 Å². The Bertz CT molecular complexity index is 1950. The molecule has 15 heteroatoms. The third-order valence-corrected chi connectivity index (χ3v) is 9.87. The van der Waals surface area contributed by atoms with Gasteiger partial charge >= 0.3 is 12.1 Å². The number of unbranched alkanes of at least 4 members (excludes halogenated alkanes) is 1. The van der Waals surface area contributed by atoms with Gasteiger partial charge in [0.1, 0.15) is 12.1 Å². The fourth-order valence-electron chi connectivity index (χ4n) is 6.95. The van der Waals surface area contributed by atoms with Gasteiger partial charge in [-0.05, 0) is 68.0 Å². The average Bonchev–Trinajstić information content (AvgIpc) is 3.47. The molecule has 4 amide bonds. The van der Waals surface area contributed by atoms with Crippen LogP contribution in [0.1, 0.15) is 59.3 Å². The predicted molar refractivity (Wildman–Crippen MR) is 198 cm³/mol. The molecule has 4 aromatic rings. The highest BCUT2D eigenvalue weighted by Crippen LogP contribution is 2.30. The zero-order valence-corrected chi connectivity index (χ0v) is 30.2. The first-order valence-corrected chi connectivity index (χ1v) is 18.2. The molecule has 0 radical (unpaired) electrons. The molecule has 12 nitrogen and oxygen atoms in total. The lowest BCUT2D eigenvalue weighted by Gasteiger charge is -2.34. The first kappa shape index (κ1) is 40.5. The smallest absolute Gasteiger partial charge is 0.475 e. The third-order valence-electron chi connectivity index (χ3n) is 9.87. The quantitative estimate of drug-likeness (QED) is 0.139. The van der Waals surface area contributed by atoms with Crippen LogP contribution in [0.25, 0.3) is 10.9 Å². The van der Waals surface area contributed by atoms with Gasteiger partial charge in [0.25, 0.3) is 5.91 Å². The van der Waals surface area contributed by atoms with E-state index in [1.165, 1.54) is 0 Å². The van der Waals surface area contributed by atoms with Gasteiger partial charge in [0.2, 0.25) is 17.7 Å². The molecule has 55 heavy (non-hydrogen) atoms. The molecule has 1 saturated heterocycles. The Morgan fingerprint density at radius 2 is 1.53 bits per heavy atom. The van der Waals surface area contributed by atoms with Gasteiger partial charge in [0.05, 0.1) is 6.54 Å². The number of halogens is 3. The van der Waals surface area contributed by atoms with Crippen LogP contribution in [0.4, 0.5) is 13.2 Å².